The number of benzene rings is 1. The SMILES string of the molecule is O=C(NC1CN(Cc2ccccc2)CCC1CO)C1C2CCCCC21. The maximum atomic E-state index is 12.8. The number of hydrogen-bond acceptors (Lipinski definition) is 3. The zero-order valence-corrected chi connectivity index (χ0v) is 14.9. The summed E-state index contributed by atoms with van der Waals surface area (Å²) in [5, 5.41) is 13.1. The molecule has 2 saturated carbocycles. The molecule has 2 N–H and O–H groups in total. The predicted molar refractivity (Wildman–Crippen MR) is 97.8 cm³/mol. The minimum atomic E-state index is 0.0811. The van der Waals surface area contributed by atoms with Crippen LogP contribution in [0.1, 0.15) is 37.7 Å². The van der Waals surface area contributed by atoms with E-state index in [-0.39, 0.29) is 30.4 Å². The fourth-order valence-corrected chi connectivity index (χ4v) is 5.10. The average Bonchev–Trinajstić information content (AvgIpc) is 3.37. The zero-order valence-electron chi connectivity index (χ0n) is 14.9. The van der Waals surface area contributed by atoms with Crippen molar-refractivity contribution in [2.75, 3.05) is 19.7 Å². The number of likely N-dealkylation sites (tertiary alicyclic amines) is 1. The van der Waals surface area contributed by atoms with Crippen LogP contribution in [-0.4, -0.2) is 41.7 Å². The molecule has 4 nitrogen and oxygen atoms in total. The molecule has 25 heavy (non-hydrogen) atoms. The van der Waals surface area contributed by atoms with Crippen molar-refractivity contribution in [3.05, 3.63) is 35.9 Å². The molecule has 3 fully saturated rings. The second-order valence-corrected chi connectivity index (χ2v) is 8.21. The number of nitrogens with one attached hydrogen (secondary N) is 1. The van der Waals surface area contributed by atoms with Crippen molar-refractivity contribution in [2.24, 2.45) is 23.7 Å². The lowest BCUT2D eigenvalue weighted by atomic mass is 9.91. The van der Waals surface area contributed by atoms with Gasteiger partial charge < -0.3 is 10.4 Å². The van der Waals surface area contributed by atoms with E-state index in [1.165, 1.54) is 31.2 Å². The number of carbonyl (C=O) groups is 1. The van der Waals surface area contributed by atoms with Crippen molar-refractivity contribution in [2.45, 2.75) is 44.7 Å². The van der Waals surface area contributed by atoms with E-state index >= 15 is 0 Å². The third-order valence-electron chi connectivity index (χ3n) is 6.61. The first-order valence-electron chi connectivity index (χ1n) is 9.94. The minimum absolute atomic E-state index is 0.0811. The standard InChI is InChI=1S/C21H30N2O2/c24-14-16-10-11-23(12-15-6-2-1-3-7-15)13-19(16)22-21(25)20-17-8-4-5-9-18(17)20/h1-3,6-7,16-20,24H,4-5,8-14H2,(H,22,25). The number of fused-ring (bicyclic) bond motifs is 1. The van der Waals surface area contributed by atoms with Gasteiger partial charge in [0.25, 0.3) is 0 Å². The van der Waals surface area contributed by atoms with E-state index in [2.05, 4.69) is 34.5 Å². The van der Waals surface area contributed by atoms with E-state index in [9.17, 15) is 9.90 Å². The van der Waals surface area contributed by atoms with Gasteiger partial charge in [0.05, 0.1) is 0 Å². The van der Waals surface area contributed by atoms with Gasteiger partial charge in [-0.3, -0.25) is 9.69 Å². The Bertz CT molecular complexity index is 579. The largest absolute Gasteiger partial charge is 0.396 e. The molecule has 0 spiro atoms. The van der Waals surface area contributed by atoms with E-state index in [1.807, 2.05) is 6.07 Å². The molecule has 136 valence electrons. The van der Waals surface area contributed by atoms with Crippen molar-refractivity contribution in [1.29, 1.82) is 0 Å². The van der Waals surface area contributed by atoms with Crippen molar-refractivity contribution < 1.29 is 9.90 Å². The number of amides is 1. The zero-order chi connectivity index (χ0) is 17.2. The number of aliphatic hydroxyl groups excluding tert-OH is 1. The minimum Gasteiger partial charge on any atom is -0.396 e. The van der Waals surface area contributed by atoms with Crippen LogP contribution < -0.4 is 5.32 Å². The number of carbonyl (C=O) groups excluding carboxylic acids is 1. The van der Waals surface area contributed by atoms with Crippen molar-refractivity contribution in [1.82, 2.24) is 10.2 Å². The van der Waals surface area contributed by atoms with Crippen LogP contribution in [0.2, 0.25) is 0 Å². The predicted octanol–water partition coefficient (Wildman–Crippen LogP) is 2.42. The van der Waals surface area contributed by atoms with Gasteiger partial charge in [-0.25, -0.2) is 0 Å². The highest BCUT2D eigenvalue weighted by Gasteiger charge is 2.55. The summed E-state index contributed by atoms with van der Waals surface area (Å²) < 4.78 is 0. The highest BCUT2D eigenvalue weighted by atomic mass is 16.3. The smallest absolute Gasteiger partial charge is 0.223 e. The lowest BCUT2D eigenvalue weighted by molar-refractivity contribution is -0.124. The lowest BCUT2D eigenvalue weighted by Gasteiger charge is -2.38. The summed E-state index contributed by atoms with van der Waals surface area (Å²) in [5.41, 5.74) is 1.31. The summed E-state index contributed by atoms with van der Waals surface area (Å²) in [4.78, 5) is 15.2. The van der Waals surface area contributed by atoms with Gasteiger partial charge >= 0.3 is 0 Å². The van der Waals surface area contributed by atoms with Gasteiger partial charge in [0, 0.05) is 37.6 Å². The van der Waals surface area contributed by atoms with E-state index in [1.54, 1.807) is 0 Å². The number of piperidine rings is 1. The van der Waals surface area contributed by atoms with Crippen LogP contribution in [-0.2, 0) is 11.3 Å². The Morgan fingerprint density at radius 2 is 1.84 bits per heavy atom. The molecular weight excluding hydrogens is 312 g/mol. The van der Waals surface area contributed by atoms with Crippen LogP contribution in [0, 0.1) is 23.7 Å². The van der Waals surface area contributed by atoms with Gasteiger partial charge in [0.2, 0.25) is 5.91 Å². The quantitative estimate of drug-likeness (QED) is 0.864. The third-order valence-corrected chi connectivity index (χ3v) is 6.61. The van der Waals surface area contributed by atoms with Gasteiger partial charge in [-0.15, -0.1) is 0 Å². The van der Waals surface area contributed by atoms with Crippen LogP contribution in [0.3, 0.4) is 0 Å². The Hall–Kier alpha value is -1.39. The second-order valence-electron chi connectivity index (χ2n) is 8.21. The number of hydrogen-bond donors (Lipinski definition) is 2. The highest BCUT2D eigenvalue weighted by molar-refractivity contribution is 5.82. The first kappa shape index (κ1) is 17.0. The molecule has 4 rings (SSSR count). The fourth-order valence-electron chi connectivity index (χ4n) is 5.10. The Morgan fingerprint density at radius 3 is 2.52 bits per heavy atom. The van der Waals surface area contributed by atoms with Crippen molar-refractivity contribution in [3.8, 4) is 0 Å². The molecule has 1 aromatic carbocycles. The van der Waals surface area contributed by atoms with E-state index in [0.29, 0.717) is 11.8 Å². The van der Waals surface area contributed by atoms with Gasteiger partial charge in [-0.2, -0.15) is 0 Å². The molecule has 4 unspecified atom stereocenters. The summed E-state index contributed by atoms with van der Waals surface area (Å²) in [5.74, 6) is 1.99. The van der Waals surface area contributed by atoms with Crippen LogP contribution in [0.25, 0.3) is 0 Å². The van der Waals surface area contributed by atoms with Crippen LogP contribution in [0.4, 0.5) is 0 Å². The summed E-state index contributed by atoms with van der Waals surface area (Å²) >= 11 is 0. The summed E-state index contributed by atoms with van der Waals surface area (Å²) in [6.07, 6.45) is 6.00. The topological polar surface area (TPSA) is 52.6 Å². The molecule has 3 aliphatic rings. The number of aliphatic hydroxyl groups is 1. The highest BCUT2D eigenvalue weighted by Crippen LogP contribution is 2.55. The van der Waals surface area contributed by atoms with E-state index in [0.717, 1.165) is 26.1 Å². The fraction of sp³-hybridized carbons (Fsp3) is 0.667. The molecule has 1 heterocycles. The number of rotatable bonds is 5. The average molecular weight is 342 g/mol. The first-order chi connectivity index (χ1) is 12.3. The molecule has 0 radical (unpaired) electrons. The van der Waals surface area contributed by atoms with Crippen LogP contribution in [0.5, 0.6) is 0 Å². The molecule has 4 heteroatoms. The van der Waals surface area contributed by atoms with Gasteiger partial charge in [-0.05, 0) is 43.2 Å². The number of nitrogens with zero attached hydrogens (tertiary/aromatic N) is 1. The molecule has 1 saturated heterocycles. The molecule has 0 aromatic heterocycles. The van der Waals surface area contributed by atoms with Crippen molar-refractivity contribution in [3.63, 3.8) is 0 Å². The van der Waals surface area contributed by atoms with Crippen LogP contribution >= 0.6 is 0 Å². The lowest BCUT2D eigenvalue weighted by Crippen LogP contribution is -2.53. The Labute approximate surface area is 150 Å². The van der Waals surface area contributed by atoms with Gasteiger partial charge in [0.1, 0.15) is 0 Å². The molecule has 1 amide bonds. The van der Waals surface area contributed by atoms with Crippen molar-refractivity contribution >= 4 is 5.91 Å². The Morgan fingerprint density at radius 1 is 1.12 bits per heavy atom. The molecule has 4 atom stereocenters. The maximum absolute atomic E-state index is 12.8. The molecule has 0 bridgehead atoms. The van der Waals surface area contributed by atoms with E-state index in [4.69, 9.17) is 0 Å². The summed E-state index contributed by atoms with van der Waals surface area (Å²) in [7, 11) is 0. The Balaban J connectivity index is 1.35. The van der Waals surface area contributed by atoms with Gasteiger partial charge in [0.15, 0.2) is 0 Å². The Kier molecular flexibility index (Phi) is 5.09. The molecule has 1 aromatic rings. The molecule has 2 aliphatic carbocycles. The maximum Gasteiger partial charge on any atom is 0.223 e. The third kappa shape index (κ3) is 3.75. The van der Waals surface area contributed by atoms with Crippen LogP contribution in [0.15, 0.2) is 30.3 Å². The first-order valence-corrected chi connectivity index (χ1v) is 9.94. The second kappa shape index (κ2) is 7.46. The molecule has 1 aliphatic heterocycles. The monoisotopic (exact) mass is 342 g/mol. The molecular formula is C21H30N2O2. The van der Waals surface area contributed by atoms with E-state index < -0.39 is 0 Å². The normalized spacial score (nSPS) is 35.0. The summed E-state index contributed by atoms with van der Waals surface area (Å²) in [6, 6.07) is 10.6. The summed E-state index contributed by atoms with van der Waals surface area (Å²) in [6.45, 7) is 2.91. The van der Waals surface area contributed by atoms with Gasteiger partial charge in [-0.1, -0.05) is 43.2 Å².